The van der Waals surface area contributed by atoms with Crippen LogP contribution in [0.4, 0.5) is 0 Å². The number of aliphatic carboxylic acids is 1. The van der Waals surface area contributed by atoms with Gasteiger partial charge in [0, 0.05) is 19.4 Å². The molecule has 1 fully saturated rings. The van der Waals surface area contributed by atoms with Crippen LogP contribution >= 0.6 is 0 Å². The van der Waals surface area contributed by atoms with Gasteiger partial charge in [0.25, 0.3) is 0 Å². The number of amides is 1. The molecule has 0 aromatic rings. The maximum atomic E-state index is 11.5. The van der Waals surface area contributed by atoms with Crippen molar-refractivity contribution in [2.75, 3.05) is 18.1 Å². The van der Waals surface area contributed by atoms with Crippen LogP contribution in [0.5, 0.6) is 0 Å². The van der Waals surface area contributed by atoms with Crippen LogP contribution in [0, 0.1) is 5.92 Å². The first-order valence-corrected chi connectivity index (χ1v) is 7.49. The van der Waals surface area contributed by atoms with Crippen molar-refractivity contribution < 1.29 is 28.2 Å². The summed E-state index contributed by atoms with van der Waals surface area (Å²) < 4.78 is 22.4. The monoisotopic (exact) mass is 279 g/mol. The molecule has 0 radical (unpaired) electrons. The zero-order valence-corrected chi connectivity index (χ0v) is 10.6. The standard InChI is InChI=1S/C10H17NO6S/c12-3-1-8(10(14)15)11-9(13)5-7-2-4-18(16,17)6-7/h7-8,12H,1-6H2,(H,11,13)(H,14,15)/t7?,8-/m0/s1. The van der Waals surface area contributed by atoms with Crippen LogP contribution in [0.1, 0.15) is 19.3 Å². The summed E-state index contributed by atoms with van der Waals surface area (Å²) in [6.07, 6.45) is 0.381. The van der Waals surface area contributed by atoms with E-state index >= 15 is 0 Å². The van der Waals surface area contributed by atoms with Gasteiger partial charge in [0.05, 0.1) is 11.5 Å². The van der Waals surface area contributed by atoms with Crippen LogP contribution in [0.2, 0.25) is 0 Å². The van der Waals surface area contributed by atoms with E-state index in [2.05, 4.69) is 5.32 Å². The molecule has 0 spiro atoms. The predicted molar refractivity (Wildman–Crippen MR) is 62.6 cm³/mol. The van der Waals surface area contributed by atoms with E-state index < -0.39 is 27.8 Å². The van der Waals surface area contributed by atoms with Crippen molar-refractivity contribution in [1.82, 2.24) is 5.32 Å². The fourth-order valence-corrected chi connectivity index (χ4v) is 3.80. The lowest BCUT2D eigenvalue weighted by Gasteiger charge is -2.14. The molecule has 0 aliphatic carbocycles. The lowest BCUT2D eigenvalue weighted by molar-refractivity contribution is -0.142. The molecule has 1 aliphatic rings. The molecule has 1 aliphatic heterocycles. The van der Waals surface area contributed by atoms with Gasteiger partial charge in [0.15, 0.2) is 9.84 Å². The zero-order valence-electron chi connectivity index (χ0n) is 9.83. The van der Waals surface area contributed by atoms with E-state index in [0.717, 1.165) is 0 Å². The summed E-state index contributed by atoms with van der Waals surface area (Å²) in [4.78, 5) is 22.3. The summed E-state index contributed by atoms with van der Waals surface area (Å²) in [6, 6.07) is -1.12. The molecule has 104 valence electrons. The lowest BCUT2D eigenvalue weighted by Crippen LogP contribution is -2.42. The van der Waals surface area contributed by atoms with Gasteiger partial charge in [0.2, 0.25) is 5.91 Å². The van der Waals surface area contributed by atoms with Crippen LogP contribution < -0.4 is 5.32 Å². The number of sulfone groups is 1. The molecule has 0 aromatic carbocycles. The van der Waals surface area contributed by atoms with Crippen molar-refractivity contribution in [3.05, 3.63) is 0 Å². The van der Waals surface area contributed by atoms with Crippen LogP contribution in [0.3, 0.4) is 0 Å². The molecule has 18 heavy (non-hydrogen) atoms. The number of carboxylic acids is 1. The van der Waals surface area contributed by atoms with Crippen LogP contribution in [0.15, 0.2) is 0 Å². The average molecular weight is 279 g/mol. The van der Waals surface area contributed by atoms with E-state index in [1.165, 1.54) is 0 Å². The van der Waals surface area contributed by atoms with Crippen LogP contribution in [-0.2, 0) is 19.4 Å². The number of aliphatic hydroxyl groups excluding tert-OH is 1. The van der Waals surface area contributed by atoms with Crippen molar-refractivity contribution >= 4 is 21.7 Å². The zero-order chi connectivity index (χ0) is 13.8. The second kappa shape index (κ2) is 6.14. The first-order chi connectivity index (χ1) is 8.34. The third-order valence-corrected chi connectivity index (χ3v) is 4.69. The highest BCUT2D eigenvalue weighted by Gasteiger charge is 2.30. The Labute approximate surface area is 105 Å². The number of aliphatic hydroxyl groups is 1. The van der Waals surface area contributed by atoms with Crippen molar-refractivity contribution in [2.45, 2.75) is 25.3 Å². The number of carboxylic acid groups (broad SMARTS) is 1. The number of nitrogens with one attached hydrogen (secondary N) is 1. The number of carbonyl (C=O) groups excluding carboxylic acids is 1. The molecule has 0 saturated carbocycles. The first-order valence-electron chi connectivity index (χ1n) is 5.67. The summed E-state index contributed by atoms with van der Waals surface area (Å²) in [5.41, 5.74) is 0. The third kappa shape index (κ3) is 4.61. The van der Waals surface area contributed by atoms with E-state index in [0.29, 0.717) is 6.42 Å². The number of hydrogen-bond acceptors (Lipinski definition) is 5. The summed E-state index contributed by atoms with van der Waals surface area (Å²) in [5.74, 6) is -1.87. The molecule has 8 heteroatoms. The Kier molecular flexibility index (Phi) is 5.09. The van der Waals surface area contributed by atoms with Gasteiger partial charge >= 0.3 is 5.97 Å². The maximum Gasteiger partial charge on any atom is 0.326 e. The van der Waals surface area contributed by atoms with Crippen molar-refractivity contribution in [1.29, 1.82) is 0 Å². The first kappa shape index (κ1) is 14.9. The number of carbonyl (C=O) groups is 2. The minimum atomic E-state index is -3.03. The maximum absolute atomic E-state index is 11.5. The molecular weight excluding hydrogens is 262 g/mol. The summed E-state index contributed by atoms with van der Waals surface area (Å²) in [7, 11) is -3.03. The van der Waals surface area contributed by atoms with Crippen LogP contribution in [-0.4, -0.2) is 54.7 Å². The summed E-state index contributed by atoms with van der Waals surface area (Å²) in [6.45, 7) is -0.338. The lowest BCUT2D eigenvalue weighted by atomic mass is 10.0. The Morgan fingerprint density at radius 1 is 1.39 bits per heavy atom. The summed E-state index contributed by atoms with van der Waals surface area (Å²) in [5, 5.41) is 19.7. The molecule has 1 rings (SSSR count). The molecular formula is C10H17NO6S. The Morgan fingerprint density at radius 3 is 2.50 bits per heavy atom. The average Bonchev–Trinajstić information content (AvgIpc) is 2.57. The topological polar surface area (TPSA) is 121 Å². The fraction of sp³-hybridized carbons (Fsp3) is 0.800. The van der Waals surface area contributed by atoms with Gasteiger partial charge in [-0.2, -0.15) is 0 Å². The van der Waals surface area contributed by atoms with E-state index in [4.69, 9.17) is 10.2 Å². The molecule has 7 nitrogen and oxygen atoms in total. The molecule has 2 atom stereocenters. The molecule has 1 unspecified atom stereocenters. The minimum Gasteiger partial charge on any atom is -0.480 e. The largest absolute Gasteiger partial charge is 0.480 e. The molecule has 1 amide bonds. The fourth-order valence-electron chi connectivity index (χ4n) is 1.93. The molecule has 1 saturated heterocycles. The highest BCUT2D eigenvalue weighted by atomic mass is 32.2. The Morgan fingerprint density at radius 2 is 2.06 bits per heavy atom. The highest BCUT2D eigenvalue weighted by Crippen LogP contribution is 2.21. The smallest absolute Gasteiger partial charge is 0.326 e. The Bertz CT molecular complexity index is 418. The summed E-state index contributed by atoms with van der Waals surface area (Å²) >= 11 is 0. The SMILES string of the molecule is O=C(CC1CCS(=O)(=O)C1)N[C@@H](CCO)C(=O)O. The second-order valence-corrected chi connectivity index (χ2v) is 6.67. The van der Waals surface area contributed by atoms with Gasteiger partial charge in [-0.25, -0.2) is 13.2 Å². The van der Waals surface area contributed by atoms with Gasteiger partial charge in [-0.1, -0.05) is 0 Å². The van der Waals surface area contributed by atoms with E-state index in [-0.39, 0.29) is 36.9 Å². The van der Waals surface area contributed by atoms with Crippen molar-refractivity contribution in [3.63, 3.8) is 0 Å². The van der Waals surface area contributed by atoms with Gasteiger partial charge in [-0.3, -0.25) is 4.79 Å². The van der Waals surface area contributed by atoms with Gasteiger partial charge in [-0.05, 0) is 12.3 Å². The Balaban J connectivity index is 2.44. The molecule has 3 N–H and O–H groups in total. The normalized spacial score (nSPS) is 23.5. The van der Waals surface area contributed by atoms with E-state index in [9.17, 15) is 18.0 Å². The predicted octanol–water partition coefficient (Wildman–Crippen LogP) is -1.24. The quantitative estimate of drug-likeness (QED) is 0.559. The van der Waals surface area contributed by atoms with Gasteiger partial charge in [-0.15, -0.1) is 0 Å². The van der Waals surface area contributed by atoms with E-state index in [1.807, 2.05) is 0 Å². The van der Waals surface area contributed by atoms with Gasteiger partial charge in [0.1, 0.15) is 6.04 Å². The Hall–Kier alpha value is -1.15. The minimum absolute atomic E-state index is 0.00837. The molecule has 0 bridgehead atoms. The third-order valence-electron chi connectivity index (χ3n) is 2.85. The van der Waals surface area contributed by atoms with E-state index in [1.54, 1.807) is 0 Å². The van der Waals surface area contributed by atoms with Crippen molar-refractivity contribution in [3.8, 4) is 0 Å². The molecule has 0 aromatic heterocycles. The second-order valence-electron chi connectivity index (χ2n) is 4.44. The van der Waals surface area contributed by atoms with Crippen LogP contribution in [0.25, 0.3) is 0 Å². The molecule has 1 heterocycles. The highest BCUT2D eigenvalue weighted by molar-refractivity contribution is 7.91. The number of hydrogen-bond donors (Lipinski definition) is 3. The van der Waals surface area contributed by atoms with Gasteiger partial charge < -0.3 is 15.5 Å². The number of rotatable bonds is 6. The van der Waals surface area contributed by atoms with Crippen molar-refractivity contribution in [2.24, 2.45) is 5.92 Å².